The molecular weight excluding hydrogens is 698 g/mol. The molecule has 0 saturated heterocycles. The van der Waals surface area contributed by atoms with E-state index >= 15 is 0 Å². The van der Waals surface area contributed by atoms with E-state index in [-0.39, 0.29) is 16.8 Å². The molecule has 0 unspecified atom stereocenters. The zero-order valence-electron chi connectivity index (χ0n) is 27.9. The third kappa shape index (κ3) is 12.7. The number of pyridine rings is 1. The van der Waals surface area contributed by atoms with Gasteiger partial charge in [-0.25, -0.2) is 27.7 Å². The molecule has 4 aromatic rings. The number of hydrogen-bond donors (Lipinski definition) is 3. The number of benzene rings is 2. The first-order valence-corrected chi connectivity index (χ1v) is 17.5. The molecule has 1 amide bonds. The van der Waals surface area contributed by atoms with Crippen LogP contribution in [0.5, 0.6) is 0 Å². The summed E-state index contributed by atoms with van der Waals surface area (Å²) in [5.41, 5.74) is 2.90. The zero-order valence-corrected chi connectivity index (χ0v) is 29.5. The van der Waals surface area contributed by atoms with Crippen molar-refractivity contribution in [1.29, 1.82) is 0 Å². The van der Waals surface area contributed by atoms with Gasteiger partial charge in [0.15, 0.2) is 0 Å². The van der Waals surface area contributed by atoms with Gasteiger partial charge < -0.3 is 9.84 Å². The lowest BCUT2D eigenvalue weighted by Crippen LogP contribution is -2.40. The van der Waals surface area contributed by atoms with Crippen LogP contribution in [0.1, 0.15) is 52.2 Å². The molecule has 0 aliphatic carbocycles. The summed E-state index contributed by atoms with van der Waals surface area (Å²) in [6.45, 7) is 8.92. The molecule has 2 heterocycles. The number of carboxylic acids is 1. The Morgan fingerprint density at radius 3 is 2.14 bits per heavy atom. The van der Waals surface area contributed by atoms with Crippen molar-refractivity contribution >= 4 is 44.9 Å². The Labute approximate surface area is 292 Å². The van der Waals surface area contributed by atoms with Crippen molar-refractivity contribution in [2.24, 2.45) is 0 Å². The van der Waals surface area contributed by atoms with Gasteiger partial charge in [-0.3, -0.25) is 15.1 Å². The number of ether oxygens (including phenoxy) is 1. The van der Waals surface area contributed by atoms with Crippen molar-refractivity contribution in [2.45, 2.75) is 76.6 Å². The van der Waals surface area contributed by atoms with Crippen LogP contribution in [-0.2, 0) is 37.2 Å². The molecule has 2 aromatic heterocycles. The van der Waals surface area contributed by atoms with Crippen LogP contribution in [0.25, 0.3) is 21.0 Å². The second-order valence-corrected chi connectivity index (χ2v) is 14.9. The predicted molar refractivity (Wildman–Crippen MR) is 183 cm³/mol. The molecule has 0 aliphatic rings. The van der Waals surface area contributed by atoms with Gasteiger partial charge in [0.05, 0.1) is 15.9 Å². The molecule has 4 rings (SSSR count). The molecule has 0 bridgehead atoms. The Balaban J connectivity index is 0.000000872. The molecule has 3 N–H and O–H groups in total. The highest BCUT2D eigenvalue weighted by Gasteiger charge is 2.38. The number of amides is 1. The van der Waals surface area contributed by atoms with E-state index < -0.39 is 33.8 Å². The third-order valence-electron chi connectivity index (χ3n) is 6.35. The minimum atomic E-state index is -5.08. The predicted octanol–water partition coefficient (Wildman–Crippen LogP) is 7.28. The normalized spacial score (nSPS) is 11.8. The molecular formula is C34H37F3N4O7S2. The number of nitrogens with one attached hydrogen (secondary N) is 2. The Morgan fingerprint density at radius 2 is 1.58 bits per heavy atom. The molecule has 0 fully saturated rings. The van der Waals surface area contributed by atoms with Gasteiger partial charge in [0.2, 0.25) is 10.0 Å². The van der Waals surface area contributed by atoms with E-state index in [0.29, 0.717) is 40.4 Å². The van der Waals surface area contributed by atoms with Crippen molar-refractivity contribution in [3.63, 3.8) is 0 Å². The topological polar surface area (TPSA) is 165 Å². The number of anilines is 1. The van der Waals surface area contributed by atoms with Crippen molar-refractivity contribution in [3.8, 4) is 21.0 Å². The number of hydrogen-bond acceptors (Lipinski definition) is 9. The van der Waals surface area contributed by atoms with E-state index in [1.54, 1.807) is 77.5 Å². The number of aromatic nitrogens is 2. The van der Waals surface area contributed by atoms with Crippen LogP contribution in [0, 0.1) is 0 Å². The molecule has 16 heteroatoms. The van der Waals surface area contributed by atoms with E-state index in [0.717, 1.165) is 16.7 Å². The fourth-order valence-corrected chi connectivity index (χ4v) is 7.01. The smallest absolute Gasteiger partial charge is 0.475 e. The second-order valence-electron chi connectivity index (χ2n) is 12.2. The van der Waals surface area contributed by atoms with Crippen molar-refractivity contribution in [3.05, 3.63) is 84.3 Å². The van der Waals surface area contributed by atoms with E-state index in [4.69, 9.17) is 14.6 Å². The van der Waals surface area contributed by atoms with E-state index in [9.17, 15) is 31.2 Å². The quantitative estimate of drug-likeness (QED) is 0.144. The minimum absolute atomic E-state index is 0.0673. The summed E-state index contributed by atoms with van der Waals surface area (Å²) in [7, 11) is -3.90. The molecule has 268 valence electrons. The summed E-state index contributed by atoms with van der Waals surface area (Å²) in [5.74, 6) is -2.69. The van der Waals surface area contributed by atoms with Crippen LogP contribution in [0.2, 0.25) is 0 Å². The van der Waals surface area contributed by atoms with Crippen LogP contribution < -0.4 is 10.0 Å². The number of thiazole rings is 1. The van der Waals surface area contributed by atoms with Crippen molar-refractivity contribution in [2.75, 3.05) is 5.32 Å². The van der Waals surface area contributed by atoms with Gasteiger partial charge in [-0.05, 0) is 94.6 Å². The molecule has 2 aromatic carbocycles. The fourth-order valence-electron chi connectivity index (χ4n) is 4.30. The Kier molecular flexibility index (Phi) is 13.4. The summed E-state index contributed by atoms with van der Waals surface area (Å²) in [5, 5.41) is 10.5. The van der Waals surface area contributed by atoms with E-state index in [1.807, 2.05) is 30.3 Å². The van der Waals surface area contributed by atoms with Gasteiger partial charge in [0.25, 0.3) is 0 Å². The Bertz CT molecular complexity index is 1890. The first-order chi connectivity index (χ1) is 23.2. The number of carbonyl (C=O) groups excluding carboxylic acids is 2. The molecule has 0 saturated carbocycles. The number of Topliss-reactive ketones (excluding diaryl/α,β-unsaturated/α-hetero) is 1. The first kappa shape index (κ1) is 39.8. The van der Waals surface area contributed by atoms with Crippen LogP contribution in [-0.4, -0.2) is 59.2 Å². The third-order valence-corrected chi connectivity index (χ3v) is 9.23. The average Bonchev–Trinajstić information content (AvgIpc) is 3.49. The summed E-state index contributed by atoms with van der Waals surface area (Å²) in [6.07, 6.45) is 0.150. The van der Waals surface area contributed by atoms with Gasteiger partial charge in [-0.2, -0.15) is 13.2 Å². The lowest BCUT2D eigenvalue weighted by molar-refractivity contribution is -0.192. The van der Waals surface area contributed by atoms with Gasteiger partial charge in [0, 0.05) is 53.8 Å². The summed E-state index contributed by atoms with van der Waals surface area (Å²) in [4.78, 5) is 42.8. The van der Waals surface area contributed by atoms with Gasteiger partial charge in [-0.1, -0.05) is 12.1 Å². The highest BCUT2D eigenvalue weighted by atomic mass is 32.2. The molecule has 0 aliphatic heterocycles. The number of rotatable bonds is 11. The largest absolute Gasteiger partial charge is 0.490 e. The van der Waals surface area contributed by atoms with Crippen LogP contribution in [0.3, 0.4) is 0 Å². The standard InChI is InChI=1S/C32H36N4O5S2.C2HF3O2/c1-21(2)41-31(38)35-25-10-8-24(9-11-25)30-34-20-28(42-30)27-13-7-22(19-29(27)43(39,40)36-32(3,4)5)6-12-26(37)18-23-14-16-33-17-15-23;3-2(4,5)1(6)7/h7-11,13-17,19-21,36H,6,12,18H2,1-5H3,(H,35,38);(H,6,7). The molecule has 0 spiro atoms. The number of sulfonamides is 1. The maximum absolute atomic E-state index is 13.6. The molecule has 50 heavy (non-hydrogen) atoms. The van der Waals surface area contributed by atoms with Gasteiger partial charge >= 0.3 is 18.2 Å². The highest BCUT2D eigenvalue weighted by Crippen LogP contribution is 2.37. The Hall–Kier alpha value is -4.67. The number of carbonyl (C=O) groups is 3. The number of halogens is 3. The monoisotopic (exact) mass is 734 g/mol. The minimum Gasteiger partial charge on any atom is -0.475 e. The molecule has 0 radical (unpaired) electrons. The fraction of sp³-hybridized carbons (Fsp3) is 0.324. The lowest BCUT2D eigenvalue weighted by atomic mass is 10.0. The SMILES string of the molecule is CC(C)OC(=O)Nc1ccc(-c2ncc(-c3ccc(CCC(=O)Cc4ccncc4)cc3S(=O)(=O)NC(C)(C)C)s2)cc1.O=C(O)C(F)(F)F. The molecule has 11 nitrogen and oxygen atoms in total. The number of aliphatic carboxylic acids is 1. The highest BCUT2D eigenvalue weighted by molar-refractivity contribution is 7.89. The van der Waals surface area contributed by atoms with Gasteiger partial charge in [-0.15, -0.1) is 11.3 Å². The summed E-state index contributed by atoms with van der Waals surface area (Å²) < 4.78 is 66.8. The average molecular weight is 735 g/mol. The summed E-state index contributed by atoms with van der Waals surface area (Å²) in [6, 6.07) is 16.1. The Morgan fingerprint density at radius 1 is 0.960 bits per heavy atom. The number of ketones is 1. The van der Waals surface area contributed by atoms with Crippen molar-refractivity contribution < 1.29 is 45.8 Å². The van der Waals surface area contributed by atoms with Crippen LogP contribution >= 0.6 is 11.3 Å². The van der Waals surface area contributed by atoms with Crippen LogP contribution in [0.4, 0.5) is 23.7 Å². The molecule has 0 atom stereocenters. The number of nitrogens with zero attached hydrogens (tertiary/aromatic N) is 2. The summed E-state index contributed by atoms with van der Waals surface area (Å²) >= 11 is 1.37. The van der Waals surface area contributed by atoms with Crippen molar-refractivity contribution in [1.82, 2.24) is 14.7 Å². The zero-order chi connectivity index (χ0) is 37.3. The van der Waals surface area contributed by atoms with Gasteiger partial charge in [0.1, 0.15) is 10.8 Å². The van der Waals surface area contributed by atoms with E-state index in [2.05, 4.69) is 20.0 Å². The number of carboxylic acid groups (broad SMARTS) is 1. The maximum atomic E-state index is 13.6. The number of alkyl halides is 3. The lowest BCUT2D eigenvalue weighted by Gasteiger charge is -2.22. The second kappa shape index (κ2) is 16.8. The number of aryl methyl sites for hydroxylation is 1. The first-order valence-electron chi connectivity index (χ1n) is 15.2. The van der Waals surface area contributed by atoms with E-state index in [1.165, 1.54) is 11.3 Å². The van der Waals surface area contributed by atoms with Crippen LogP contribution in [0.15, 0.2) is 78.1 Å². The maximum Gasteiger partial charge on any atom is 0.490 e.